The van der Waals surface area contributed by atoms with Crippen LogP contribution in [0.4, 0.5) is 10.1 Å². The zero-order valence-corrected chi connectivity index (χ0v) is 19.1. The lowest BCUT2D eigenvalue weighted by Crippen LogP contribution is -2.75. The summed E-state index contributed by atoms with van der Waals surface area (Å²) in [7, 11) is 0. The van der Waals surface area contributed by atoms with Gasteiger partial charge in [0.1, 0.15) is 11.6 Å². The van der Waals surface area contributed by atoms with E-state index in [-0.39, 0.29) is 41.0 Å². The van der Waals surface area contributed by atoms with Crippen molar-refractivity contribution in [3.05, 3.63) is 64.7 Å². The average Bonchev–Trinajstić information content (AvgIpc) is 3.57. The average molecular weight is 479 g/mol. The molecular formula is C27H27FN2O5. The van der Waals surface area contributed by atoms with Gasteiger partial charge < -0.3 is 25.4 Å². The molecule has 2 aromatic carbocycles. The van der Waals surface area contributed by atoms with E-state index in [0.717, 1.165) is 24.2 Å². The van der Waals surface area contributed by atoms with Gasteiger partial charge in [0.05, 0.1) is 22.3 Å². The molecule has 0 unspecified atom stereocenters. The van der Waals surface area contributed by atoms with Gasteiger partial charge in [-0.25, -0.2) is 4.39 Å². The molecule has 0 aromatic heterocycles. The molecule has 3 aliphatic carbocycles. The number of halogens is 1. The fourth-order valence-corrected chi connectivity index (χ4v) is 7.13. The van der Waals surface area contributed by atoms with E-state index in [1.165, 1.54) is 31.0 Å². The van der Waals surface area contributed by atoms with Crippen molar-refractivity contribution >= 4 is 11.6 Å². The van der Waals surface area contributed by atoms with Gasteiger partial charge in [-0.3, -0.25) is 9.69 Å². The summed E-state index contributed by atoms with van der Waals surface area (Å²) < 4.78 is 20.4. The summed E-state index contributed by atoms with van der Waals surface area (Å²) in [5.41, 5.74) is -0.615. The Hall–Kier alpha value is -3.10. The van der Waals surface area contributed by atoms with Gasteiger partial charge in [0.15, 0.2) is 17.6 Å². The Morgan fingerprint density at radius 1 is 1.20 bits per heavy atom. The van der Waals surface area contributed by atoms with Gasteiger partial charge in [-0.2, -0.15) is 0 Å². The minimum Gasteiger partial charge on any atom is -0.508 e. The number of piperidine rings is 1. The highest BCUT2D eigenvalue weighted by Crippen LogP contribution is 2.66. The van der Waals surface area contributed by atoms with E-state index in [0.29, 0.717) is 18.8 Å². The van der Waals surface area contributed by atoms with Crippen LogP contribution in [-0.4, -0.2) is 57.0 Å². The number of amides is 1. The van der Waals surface area contributed by atoms with E-state index in [1.807, 2.05) is 6.07 Å². The third kappa shape index (κ3) is 2.69. The van der Waals surface area contributed by atoms with Crippen LogP contribution in [0.15, 0.2) is 47.7 Å². The van der Waals surface area contributed by atoms with Crippen molar-refractivity contribution in [3.8, 4) is 11.5 Å². The first-order chi connectivity index (χ1) is 16.8. The minimum absolute atomic E-state index is 0.000156. The van der Waals surface area contributed by atoms with Crippen molar-refractivity contribution in [2.75, 3.05) is 18.4 Å². The number of ether oxygens (including phenoxy) is 1. The molecule has 1 amide bonds. The third-order valence-corrected chi connectivity index (χ3v) is 8.91. The molecule has 7 rings (SSSR count). The normalized spacial score (nSPS) is 32.7. The fraction of sp³-hybridized carbons (Fsp3) is 0.444. The number of carbonyl (C=O) groups excluding carboxylic acids is 1. The largest absolute Gasteiger partial charge is 0.508 e. The number of benzene rings is 2. The predicted molar refractivity (Wildman–Crippen MR) is 125 cm³/mol. The number of nitrogens with zero attached hydrogens (tertiary/aromatic N) is 1. The van der Waals surface area contributed by atoms with Crippen molar-refractivity contribution < 1.29 is 29.2 Å². The van der Waals surface area contributed by atoms with Crippen LogP contribution in [0, 0.1) is 11.7 Å². The molecule has 1 spiro atoms. The third-order valence-electron chi connectivity index (χ3n) is 8.91. The molecule has 8 heteroatoms. The zero-order valence-electron chi connectivity index (χ0n) is 19.1. The highest BCUT2D eigenvalue weighted by atomic mass is 19.1. The van der Waals surface area contributed by atoms with Gasteiger partial charge in [-0.15, -0.1) is 0 Å². The molecule has 2 fully saturated rings. The molecule has 2 heterocycles. The van der Waals surface area contributed by atoms with E-state index < -0.39 is 28.8 Å². The number of carbonyl (C=O) groups is 1. The second-order valence-corrected chi connectivity index (χ2v) is 10.7. The molecule has 0 radical (unpaired) electrons. The Labute approximate surface area is 201 Å². The van der Waals surface area contributed by atoms with Gasteiger partial charge in [0.2, 0.25) is 0 Å². The summed E-state index contributed by atoms with van der Waals surface area (Å²) in [5.74, 6) is -0.660. The lowest BCUT2D eigenvalue weighted by Gasteiger charge is -2.62. The van der Waals surface area contributed by atoms with E-state index in [9.17, 15) is 24.5 Å². The lowest BCUT2D eigenvalue weighted by molar-refractivity contribution is -0.172. The first kappa shape index (κ1) is 21.2. The Morgan fingerprint density at radius 2 is 2.00 bits per heavy atom. The molecule has 4 atom stereocenters. The zero-order chi connectivity index (χ0) is 24.1. The van der Waals surface area contributed by atoms with Crippen LogP contribution in [0.2, 0.25) is 0 Å². The number of para-hydroxylation sites is 1. The van der Waals surface area contributed by atoms with Gasteiger partial charge in [-0.05, 0) is 61.9 Å². The first-order valence-electron chi connectivity index (χ1n) is 12.3. The van der Waals surface area contributed by atoms with Crippen molar-refractivity contribution in [2.45, 2.75) is 55.3 Å². The van der Waals surface area contributed by atoms with Crippen LogP contribution < -0.4 is 10.1 Å². The quantitative estimate of drug-likeness (QED) is 0.539. The van der Waals surface area contributed by atoms with Crippen LogP contribution in [0.5, 0.6) is 11.5 Å². The lowest BCUT2D eigenvalue weighted by atomic mass is 9.49. The maximum absolute atomic E-state index is 14.2. The topological polar surface area (TPSA) is 102 Å². The summed E-state index contributed by atoms with van der Waals surface area (Å²) in [5, 5.41) is 37.1. The minimum atomic E-state index is -1.40. The van der Waals surface area contributed by atoms with Crippen LogP contribution >= 0.6 is 0 Å². The predicted octanol–water partition coefficient (Wildman–Crippen LogP) is 3.16. The Morgan fingerprint density at radius 3 is 2.77 bits per heavy atom. The van der Waals surface area contributed by atoms with E-state index in [1.54, 1.807) is 12.1 Å². The second kappa shape index (κ2) is 6.98. The summed E-state index contributed by atoms with van der Waals surface area (Å²) in [4.78, 5) is 15.7. The fourth-order valence-electron chi connectivity index (χ4n) is 7.13. The molecule has 1 saturated heterocycles. The van der Waals surface area contributed by atoms with Crippen molar-refractivity contribution in [1.82, 2.24) is 4.90 Å². The van der Waals surface area contributed by atoms with Crippen molar-refractivity contribution in [1.29, 1.82) is 0 Å². The van der Waals surface area contributed by atoms with Crippen LogP contribution in [0.3, 0.4) is 0 Å². The molecular weight excluding hydrogens is 451 g/mol. The highest BCUT2D eigenvalue weighted by molar-refractivity contribution is 6.04. The Balaban J connectivity index is 1.37. The summed E-state index contributed by atoms with van der Waals surface area (Å²) >= 11 is 0. The molecule has 182 valence electrons. The van der Waals surface area contributed by atoms with E-state index >= 15 is 0 Å². The number of anilines is 1. The molecule has 5 aliphatic rings. The number of rotatable bonds is 4. The molecule has 1 saturated carbocycles. The molecule has 4 N–H and O–H groups in total. The Bertz CT molecular complexity index is 1310. The van der Waals surface area contributed by atoms with Crippen LogP contribution in [0.25, 0.3) is 0 Å². The number of hydrogen-bond acceptors (Lipinski definition) is 6. The number of phenols is 1. The molecule has 35 heavy (non-hydrogen) atoms. The van der Waals surface area contributed by atoms with Crippen molar-refractivity contribution in [3.63, 3.8) is 0 Å². The first-order valence-corrected chi connectivity index (χ1v) is 12.3. The number of aliphatic hydroxyl groups excluding tert-OH is 1. The number of hydrogen-bond donors (Lipinski definition) is 4. The van der Waals surface area contributed by atoms with Crippen LogP contribution in [0.1, 0.15) is 36.8 Å². The van der Waals surface area contributed by atoms with Gasteiger partial charge in [0.25, 0.3) is 5.91 Å². The molecule has 2 bridgehead atoms. The van der Waals surface area contributed by atoms with E-state index in [2.05, 4.69) is 10.2 Å². The maximum Gasteiger partial charge on any atom is 0.255 e. The number of aromatic hydroxyl groups is 1. The van der Waals surface area contributed by atoms with Gasteiger partial charge in [0, 0.05) is 24.6 Å². The van der Waals surface area contributed by atoms with Gasteiger partial charge >= 0.3 is 0 Å². The monoisotopic (exact) mass is 478 g/mol. The number of phenolic OH excluding ortho intramolecular Hbond substituents is 1. The van der Waals surface area contributed by atoms with Gasteiger partial charge in [-0.1, -0.05) is 18.2 Å². The molecule has 7 nitrogen and oxygen atoms in total. The highest BCUT2D eigenvalue weighted by Gasteiger charge is 2.73. The van der Waals surface area contributed by atoms with E-state index in [4.69, 9.17) is 4.74 Å². The number of nitrogens with one attached hydrogen (secondary N) is 1. The summed E-state index contributed by atoms with van der Waals surface area (Å²) in [6, 6.07) is 9.04. The molecule has 2 aromatic rings. The standard InChI is InChI=1S/C27H27FN2O5/c28-17-3-1-2-4-18(17)29-25(33)16-12-27(34)20-11-15-7-8-19(31)23-21(15)26(27,24(35-23)22(16)32)9-10-30(20)13-14-5-6-14/h1-4,7-8,14,20,24,31-32,34H,5-6,9-13H2,(H,29,33)/t20-,24+,26+,27-/m1/s1. The van der Waals surface area contributed by atoms with Crippen LogP contribution in [-0.2, 0) is 16.6 Å². The summed E-state index contributed by atoms with van der Waals surface area (Å²) in [6.45, 7) is 1.63. The SMILES string of the molecule is O=C(Nc1ccccc1F)C1=C(O)[C@@H]2Oc3c(O)ccc4c3[C@@]23CCN(CC2CC2)[C@H](C4)[C@]3(O)C1. The molecule has 2 aliphatic heterocycles. The smallest absolute Gasteiger partial charge is 0.255 e. The maximum atomic E-state index is 14.2. The Kier molecular flexibility index (Phi) is 4.23. The summed E-state index contributed by atoms with van der Waals surface area (Å²) in [6.07, 6.45) is 2.38. The second-order valence-electron chi connectivity index (χ2n) is 10.7. The van der Waals surface area contributed by atoms with Crippen molar-refractivity contribution in [2.24, 2.45) is 5.92 Å². The number of likely N-dealkylation sites (tertiary alicyclic amines) is 1. The number of aliphatic hydroxyl groups is 2.